The molecule has 0 amide bonds. The summed E-state index contributed by atoms with van der Waals surface area (Å²) in [6, 6.07) is 11.0. The van der Waals surface area contributed by atoms with Crippen LogP contribution in [-0.4, -0.2) is 29.3 Å². The second kappa shape index (κ2) is 6.11. The van der Waals surface area contributed by atoms with Crippen LogP contribution in [0, 0.1) is 6.92 Å². The van der Waals surface area contributed by atoms with E-state index in [0.29, 0.717) is 12.0 Å². The van der Waals surface area contributed by atoms with Gasteiger partial charge in [0.25, 0.3) is 0 Å². The SMILES string of the molecule is Cc1cccc(-c2nc3n(c2-c2ccnc(-c4cnn(C)c4)c2)[C@@H]2CC[C@@H]3C2)n1. The molecule has 5 heterocycles. The number of pyridine rings is 2. The number of fused-ring (bicyclic) bond motifs is 5. The largest absolute Gasteiger partial charge is 0.324 e. The Hall–Kier alpha value is -3.28. The van der Waals surface area contributed by atoms with Crippen molar-refractivity contribution >= 4 is 0 Å². The second-order valence-corrected chi connectivity index (χ2v) is 8.20. The topological polar surface area (TPSA) is 61.4 Å². The number of aromatic nitrogens is 6. The zero-order valence-corrected chi connectivity index (χ0v) is 16.6. The summed E-state index contributed by atoms with van der Waals surface area (Å²) in [5.41, 5.74) is 7.21. The molecule has 6 rings (SSSR count). The lowest BCUT2D eigenvalue weighted by atomic mass is 10.1. The highest BCUT2D eigenvalue weighted by Crippen LogP contribution is 2.52. The van der Waals surface area contributed by atoms with Crippen LogP contribution in [0.15, 0.2) is 48.9 Å². The Balaban J connectivity index is 1.57. The summed E-state index contributed by atoms with van der Waals surface area (Å²) < 4.78 is 4.29. The number of hydrogen-bond acceptors (Lipinski definition) is 4. The summed E-state index contributed by atoms with van der Waals surface area (Å²) in [7, 11) is 1.93. The molecular weight excluding hydrogens is 360 g/mol. The molecule has 1 aliphatic heterocycles. The number of rotatable bonds is 3. The van der Waals surface area contributed by atoms with Crippen LogP contribution in [0.4, 0.5) is 0 Å². The fraction of sp³-hybridized carbons (Fsp3) is 0.304. The van der Waals surface area contributed by atoms with Gasteiger partial charge in [0, 0.05) is 48.2 Å². The van der Waals surface area contributed by atoms with Crippen LogP contribution in [0.1, 0.15) is 42.7 Å². The summed E-state index contributed by atoms with van der Waals surface area (Å²) in [6.45, 7) is 2.03. The van der Waals surface area contributed by atoms with Crippen molar-refractivity contribution in [3.8, 4) is 33.9 Å². The van der Waals surface area contributed by atoms with Crippen LogP contribution < -0.4 is 0 Å². The molecule has 1 aliphatic carbocycles. The highest BCUT2D eigenvalue weighted by atomic mass is 15.2. The molecule has 29 heavy (non-hydrogen) atoms. The predicted octanol–water partition coefficient (Wildman–Crippen LogP) is 4.54. The minimum absolute atomic E-state index is 0.547. The quantitative estimate of drug-likeness (QED) is 0.522. The zero-order chi connectivity index (χ0) is 19.5. The molecule has 144 valence electrons. The first-order valence-corrected chi connectivity index (χ1v) is 10.2. The molecule has 4 aromatic rings. The molecule has 4 aromatic heterocycles. The van der Waals surface area contributed by atoms with Gasteiger partial charge in [0.15, 0.2) is 0 Å². The van der Waals surface area contributed by atoms with Gasteiger partial charge in [-0.15, -0.1) is 0 Å². The molecule has 0 unspecified atom stereocenters. The van der Waals surface area contributed by atoms with Gasteiger partial charge in [-0.3, -0.25) is 14.6 Å². The van der Waals surface area contributed by atoms with Crippen LogP contribution in [0.2, 0.25) is 0 Å². The molecule has 0 N–H and O–H groups in total. The molecule has 0 spiro atoms. The van der Waals surface area contributed by atoms with Crippen molar-refractivity contribution in [1.29, 1.82) is 0 Å². The zero-order valence-electron chi connectivity index (χ0n) is 16.6. The van der Waals surface area contributed by atoms with Gasteiger partial charge in [-0.25, -0.2) is 4.98 Å². The Bertz CT molecular complexity index is 1230. The molecule has 1 fully saturated rings. The first-order valence-electron chi connectivity index (χ1n) is 10.2. The second-order valence-electron chi connectivity index (χ2n) is 8.20. The maximum absolute atomic E-state index is 5.13. The van der Waals surface area contributed by atoms with Crippen LogP contribution >= 0.6 is 0 Å². The molecule has 2 aliphatic rings. The van der Waals surface area contributed by atoms with Crippen molar-refractivity contribution in [2.75, 3.05) is 0 Å². The van der Waals surface area contributed by atoms with E-state index >= 15 is 0 Å². The minimum atomic E-state index is 0.547. The molecule has 2 atom stereocenters. The summed E-state index contributed by atoms with van der Waals surface area (Å²) in [5, 5.41) is 4.30. The maximum Gasteiger partial charge on any atom is 0.115 e. The Labute approximate surface area is 169 Å². The van der Waals surface area contributed by atoms with Crippen LogP contribution in [0.3, 0.4) is 0 Å². The van der Waals surface area contributed by atoms with Crippen molar-refractivity contribution in [2.45, 2.75) is 38.1 Å². The van der Waals surface area contributed by atoms with Gasteiger partial charge in [0.05, 0.1) is 23.3 Å². The number of nitrogens with zero attached hydrogens (tertiary/aromatic N) is 6. The lowest BCUT2D eigenvalue weighted by molar-refractivity contribution is 0.530. The monoisotopic (exact) mass is 382 g/mol. The Morgan fingerprint density at radius 1 is 1.03 bits per heavy atom. The van der Waals surface area contributed by atoms with Crippen molar-refractivity contribution in [3.63, 3.8) is 0 Å². The first kappa shape index (κ1) is 16.7. The Kier molecular flexibility index (Phi) is 3.51. The predicted molar refractivity (Wildman–Crippen MR) is 111 cm³/mol. The van der Waals surface area contributed by atoms with E-state index in [2.05, 4.69) is 38.9 Å². The van der Waals surface area contributed by atoms with Gasteiger partial charge in [-0.1, -0.05) is 6.07 Å². The first-order chi connectivity index (χ1) is 14.2. The van der Waals surface area contributed by atoms with Crippen LogP contribution in [-0.2, 0) is 7.05 Å². The Morgan fingerprint density at radius 2 is 1.97 bits per heavy atom. The molecule has 0 radical (unpaired) electrons. The molecule has 1 saturated carbocycles. The lowest BCUT2D eigenvalue weighted by Crippen LogP contribution is -2.08. The van der Waals surface area contributed by atoms with Crippen LogP contribution in [0.5, 0.6) is 0 Å². The fourth-order valence-electron chi connectivity index (χ4n) is 4.95. The molecule has 6 nitrogen and oxygen atoms in total. The van der Waals surface area contributed by atoms with Crippen molar-refractivity contribution < 1.29 is 0 Å². The highest BCUT2D eigenvalue weighted by Gasteiger charge is 2.41. The average molecular weight is 382 g/mol. The smallest absolute Gasteiger partial charge is 0.115 e. The summed E-state index contributed by atoms with van der Waals surface area (Å²) in [4.78, 5) is 14.5. The minimum Gasteiger partial charge on any atom is -0.324 e. The number of aryl methyl sites for hydroxylation is 2. The van der Waals surface area contributed by atoms with E-state index in [1.54, 1.807) is 4.68 Å². The highest BCUT2D eigenvalue weighted by molar-refractivity contribution is 5.80. The van der Waals surface area contributed by atoms with Gasteiger partial charge < -0.3 is 4.57 Å². The lowest BCUT2D eigenvalue weighted by Gasteiger charge is -2.17. The van der Waals surface area contributed by atoms with E-state index in [0.717, 1.165) is 33.9 Å². The average Bonchev–Trinajstić information content (AvgIpc) is 3.49. The van der Waals surface area contributed by atoms with Gasteiger partial charge in [0.2, 0.25) is 0 Å². The summed E-state index contributed by atoms with van der Waals surface area (Å²) in [5.74, 6) is 1.81. The maximum atomic E-state index is 5.13. The van der Waals surface area contributed by atoms with E-state index in [9.17, 15) is 0 Å². The molecular formula is C23H22N6. The van der Waals surface area contributed by atoms with E-state index in [1.807, 2.05) is 38.6 Å². The Morgan fingerprint density at radius 3 is 2.79 bits per heavy atom. The van der Waals surface area contributed by atoms with Gasteiger partial charge >= 0.3 is 0 Å². The summed E-state index contributed by atoms with van der Waals surface area (Å²) >= 11 is 0. The van der Waals surface area contributed by atoms with Gasteiger partial charge in [0.1, 0.15) is 11.5 Å². The molecule has 6 heteroatoms. The van der Waals surface area contributed by atoms with Crippen molar-refractivity contribution in [3.05, 3.63) is 60.4 Å². The normalized spacial score (nSPS) is 19.7. The third-order valence-corrected chi connectivity index (χ3v) is 6.24. The number of imidazole rings is 1. The van der Waals surface area contributed by atoms with Crippen LogP contribution in [0.25, 0.3) is 33.9 Å². The van der Waals surface area contributed by atoms with Gasteiger partial charge in [-0.05, 0) is 50.5 Å². The number of hydrogen-bond donors (Lipinski definition) is 0. The van der Waals surface area contributed by atoms with Crippen molar-refractivity contribution in [2.24, 2.45) is 7.05 Å². The third-order valence-electron chi connectivity index (χ3n) is 6.24. The molecule has 0 saturated heterocycles. The molecule has 2 bridgehead atoms. The van der Waals surface area contributed by atoms with Crippen molar-refractivity contribution in [1.82, 2.24) is 29.3 Å². The third kappa shape index (κ3) is 2.55. The fourth-order valence-corrected chi connectivity index (χ4v) is 4.95. The van der Waals surface area contributed by atoms with E-state index in [1.165, 1.54) is 30.8 Å². The van der Waals surface area contributed by atoms with E-state index < -0.39 is 0 Å². The standard InChI is InChI=1S/C23H22N6/c1-14-4-3-5-19(26-14)21-22(29-18-7-6-16(10-18)23(29)27-21)15-8-9-24-20(11-15)17-12-25-28(2)13-17/h3-5,8-9,11-13,16,18H,6-7,10H2,1-2H3/t16-,18-/m1/s1. The van der Waals surface area contributed by atoms with E-state index in [-0.39, 0.29) is 0 Å². The van der Waals surface area contributed by atoms with E-state index in [4.69, 9.17) is 9.97 Å². The molecule has 0 aromatic carbocycles. The van der Waals surface area contributed by atoms with Gasteiger partial charge in [-0.2, -0.15) is 5.10 Å². The summed E-state index contributed by atoms with van der Waals surface area (Å²) in [6.07, 6.45) is 9.45.